The van der Waals surface area contributed by atoms with Crippen LogP contribution in [0.1, 0.15) is 28.9 Å². The quantitative estimate of drug-likeness (QED) is 0.895. The van der Waals surface area contributed by atoms with Crippen molar-refractivity contribution in [1.29, 1.82) is 0 Å². The Hall–Kier alpha value is -2.58. The van der Waals surface area contributed by atoms with Gasteiger partial charge < -0.3 is 14.4 Å². The minimum atomic E-state index is -3.74. The highest BCUT2D eigenvalue weighted by atomic mass is 32.2. The Bertz CT molecular complexity index is 909. The lowest BCUT2D eigenvalue weighted by Gasteiger charge is -2.25. The van der Waals surface area contributed by atoms with Crippen molar-refractivity contribution in [3.8, 4) is 11.5 Å². The molecule has 8 heteroatoms. The predicted octanol–water partition coefficient (Wildman–Crippen LogP) is 1.90. The van der Waals surface area contributed by atoms with Gasteiger partial charge in [-0.15, -0.1) is 0 Å². The molecule has 3 rings (SSSR count). The van der Waals surface area contributed by atoms with Gasteiger partial charge in [-0.3, -0.25) is 4.79 Å². The molecule has 0 bridgehead atoms. The van der Waals surface area contributed by atoms with E-state index in [0.29, 0.717) is 17.1 Å². The van der Waals surface area contributed by atoms with Crippen molar-refractivity contribution < 1.29 is 22.7 Å². The zero-order chi connectivity index (χ0) is 18.2. The number of sulfonamides is 1. The number of hydrogen-bond acceptors (Lipinski definition) is 5. The first-order valence-electron chi connectivity index (χ1n) is 7.57. The maximum atomic E-state index is 12.7. The average Bonchev–Trinajstić information content (AvgIpc) is 3.06. The number of nitrogens with zero attached hydrogens (tertiary/aromatic N) is 1. The summed E-state index contributed by atoms with van der Waals surface area (Å²) in [5.74, 6) is 0.983. The van der Waals surface area contributed by atoms with Gasteiger partial charge >= 0.3 is 0 Å². The minimum absolute atomic E-state index is 0.0354. The molecular weight excluding hydrogens is 344 g/mol. The third-order valence-corrected chi connectivity index (χ3v) is 5.14. The highest BCUT2D eigenvalue weighted by Gasteiger charge is 2.22. The molecule has 1 aliphatic rings. The summed E-state index contributed by atoms with van der Waals surface area (Å²) >= 11 is 0. The fourth-order valence-corrected chi connectivity index (χ4v) is 3.08. The Balaban J connectivity index is 1.79. The van der Waals surface area contributed by atoms with E-state index in [0.717, 1.165) is 5.56 Å². The summed E-state index contributed by atoms with van der Waals surface area (Å²) < 4.78 is 33.2. The van der Waals surface area contributed by atoms with Crippen molar-refractivity contribution in [3.63, 3.8) is 0 Å². The van der Waals surface area contributed by atoms with Crippen LogP contribution in [0.4, 0.5) is 0 Å². The van der Waals surface area contributed by atoms with Crippen LogP contribution in [-0.2, 0) is 10.0 Å². The lowest BCUT2D eigenvalue weighted by molar-refractivity contribution is 0.0742. The Morgan fingerprint density at radius 2 is 1.76 bits per heavy atom. The summed E-state index contributed by atoms with van der Waals surface area (Å²) in [6.45, 7) is 2.01. The van der Waals surface area contributed by atoms with E-state index in [2.05, 4.69) is 0 Å². The molecule has 1 unspecified atom stereocenters. The lowest BCUT2D eigenvalue weighted by atomic mass is 10.1. The van der Waals surface area contributed by atoms with E-state index in [-0.39, 0.29) is 23.6 Å². The van der Waals surface area contributed by atoms with E-state index >= 15 is 0 Å². The van der Waals surface area contributed by atoms with Gasteiger partial charge in [0.2, 0.25) is 16.8 Å². The molecule has 1 heterocycles. The fraction of sp³-hybridized carbons (Fsp3) is 0.235. The van der Waals surface area contributed by atoms with Gasteiger partial charge in [0.05, 0.1) is 10.9 Å². The van der Waals surface area contributed by atoms with Crippen LogP contribution < -0.4 is 14.6 Å². The molecule has 2 aromatic carbocycles. The van der Waals surface area contributed by atoms with Gasteiger partial charge in [-0.05, 0) is 42.8 Å². The third-order valence-electron chi connectivity index (χ3n) is 4.21. The van der Waals surface area contributed by atoms with Crippen molar-refractivity contribution in [3.05, 3.63) is 53.6 Å². The molecule has 25 heavy (non-hydrogen) atoms. The number of ether oxygens (including phenoxy) is 2. The molecule has 1 aliphatic heterocycles. The molecule has 0 aliphatic carbocycles. The molecular formula is C17H18N2O5S. The molecule has 0 spiro atoms. The van der Waals surface area contributed by atoms with E-state index in [9.17, 15) is 13.2 Å². The largest absolute Gasteiger partial charge is 0.454 e. The number of amides is 1. The average molecular weight is 362 g/mol. The highest BCUT2D eigenvalue weighted by Crippen LogP contribution is 2.33. The van der Waals surface area contributed by atoms with Gasteiger partial charge in [-0.1, -0.05) is 12.1 Å². The molecule has 132 valence electrons. The number of nitrogens with two attached hydrogens (primary N) is 1. The number of carbonyl (C=O) groups is 1. The normalized spacial score (nSPS) is 14.2. The fourth-order valence-electron chi connectivity index (χ4n) is 2.57. The zero-order valence-corrected chi connectivity index (χ0v) is 14.6. The van der Waals surface area contributed by atoms with Gasteiger partial charge in [-0.25, -0.2) is 13.6 Å². The zero-order valence-electron chi connectivity index (χ0n) is 13.8. The molecule has 0 fully saturated rings. The van der Waals surface area contributed by atoms with Crippen LogP contribution in [0.3, 0.4) is 0 Å². The number of carbonyl (C=O) groups excluding carboxylic acids is 1. The summed E-state index contributed by atoms with van der Waals surface area (Å²) in [6, 6.07) is 10.9. The topological polar surface area (TPSA) is 98.9 Å². The summed E-state index contributed by atoms with van der Waals surface area (Å²) in [5, 5.41) is 5.10. The molecule has 0 saturated carbocycles. The first-order valence-corrected chi connectivity index (χ1v) is 9.11. The van der Waals surface area contributed by atoms with Crippen LogP contribution in [0.2, 0.25) is 0 Å². The van der Waals surface area contributed by atoms with E-state index in [4.69, 9.17) is 14.6 Å². The Kier molecular flexibility index (Phi) is 4.40. The standard InChI is InChI=1S/C17H18N2O5S/c1-11(12-3-6-14(7-4-12)25(18,21)22)19(2)17(20)13-5-8-15-16(9-13)24-10-23-15/h3-9,11H,10H2,1-2H3,(H2,18,21,22). The molecule has 1 atom stereocenters. The van der Waals surface area contributed by atoms with Crippen LogP contribution in [0.25, 0.3) is 0 Å². The number of rotatable bonds is 4. The second kappa shape index (κ2) is 6.38. The Morgan fingerprint density at radius 3 is 2.40 bits per heavy atom. The van der Waals surface area contributed by atoms with Gasteiger partial charge in [0, 0.05) is 12.6 Å². The van der Waals surface area contributed by atoms with E-state index in [1.807, 2.05) is 6.92 Å². The van der Waals surface area contributed by atoms with Crippen molar-refractivity contribution in [2.24, 2.45) is 5.14 Å². The lowest BCUT2D eigenvalue weighted by Crippen LogP contribution is -2.29. The number of primary sulfonamides is 1. The van der Waals surface area contributed by atoms with Gasteiger partial charge in [-0.2, -0.15) is 0 Å². The summed E-state index contributed by atoms with van der Waals surface area (Å²) in [7, 11) is -2.05. The first kappa shape index (κ1) is 17.2. The van der Waals surface area contributed by atoms with Crippen LogP contribution >= 0.6 is 0 Å². The first-order chi connectivity index (χ1) is 11.8. The molecule has 2 N–H and O–H groups in total. The smallest absolute Gasteiger partial charge is 0.254 e. The summed E-state index contributed by atoms with van der Waals surface area (Å²) in [6.07, 6.45) is 0. The second-order valence-electron chi connectivity index (χ2n) is 5.77. The van der Waals surface area contributed by atoms with Crippen LogP contribution in [0.5, 0.6) is 11.5 Å². The Morgan fingerprint density at radius 1 is 1.12 bits per heavy atom. The number of hydrogen-bond donors (Lipinski definition) is 1. The van der Waals surface area contributed by atoms with Crippen molar-refractivity contribution in [1.82, 2.24) is 4.90 Å². The summed E-state index contributed by atoms with van der Waals surface area (Å²) in [4.78, 5) is 14.3. The minimum Gasteiger partial charge on any atom is -0.454 e. The van der Waals surface area contributed by atoms with Crippen LogP contribution in [-0.4, -0.2) is 33.1 Å². The molecule has 0 radical (unpaired) electrons. The maximum absolute atomic E-state index is 12.7. The Labute approximate surface area is 146 Å². The molecule has 1 amide bonds. The number of fused-ring (bicyclic) bond motifs is 1. The van der Waals surface area contributed by atoms with Crippen LogP contribution in [0, 0.1) is 0 Å². The third kappa shape index (κ3) is 3.45. The number of benzene rings is 2. The van der Waals surface area contributed by atoms with E-state index < -0.39 is 10.0 Å². The van der Waals surface area contributed by atoms with Gasteiger partial charge in [0.15, 0.2) is 11.5 Å². The predicted molar refractivity (Wildman–Crippen MR) is 90.9 cm³/mol. The van der Waals surface area contributed by atoms with Gasteiger partial charge in [0.25, 0.3) is 5.91 Å². The SMILES string of the molecule is CC(c1ccc(S(N)(=O)=O)cc1)N(C)C(=O)c1ccc2c(c1)OCO2. The molecule has 0 saturated heterocycles. The van der Waals surface area contributed by atoms with E-state index in [1.54, 1.807) is 42.3 Å². The molecule has 2 aromatic rings. The van der Waals surface area contributed by atoms with E-state index in [1.165, 1.54) is 12.1 Å². The highest BCUT2D eigenvalue weighted by molar-refractivity contribution is 7.89. The van der Waals surface area contributed by atoms with Crippen molar-refractivity contribution >= 4 is 15.9 Å². The molecule has 7 nitrogen and oxygen atoms in total. The van der Waals surface area contributed by atoms with Crippen molar-refractivity contribution in [2.45, 2.75) is 17.9 Å². The van der Waals surface area contributed by atoms with Crippen LogP contribution in [0.15, 0.2) is 47.4 Å². The van der Waals surface area contributed by atoms with Crippen molar-refractivity contribution in [2.75, 3.05) is 13.8 Å². The van der Waals surface area contributed by atoms with Gasteiger partial charge in [0.1, 0.15) is 0 Å². The monoisotopic (exact) mass is 362 g/mol. The molecule has 0 aromatic heterocycles. The summed E-state index contributed by atoms with van der Waals surface area (Å²) in [5.41, 5.74) is 1.28. The second-order valence-corrected chi connectivity index (χ2v) is 7.34. The maximum Gasteiger partial charge on any atom is 0.254 e.